The molecule has 0 fully saturated rings. The Kier molecular flexibility index (Phi) is 5.45. The number of aromatic carboxylic acids is 1. The molecule has 0 spiro atoms. The molecule has 0 amide bonds. The first-order valence-electron chi connectivity index (χ1n) is 5.97. The fourth-order valence-electron chi connectivity index (χ4n) is 1.84. The predicted octanol–water partition coefficient (Wildman–Crippen LogP) is 2.19. The average molecular weight is 252 g/mol. The van der Waals surface area contributed by atoms with Gasteiger partial charge in [-0.25, -0.2) is 4.79 Å². The number of anilines is 2. The Labute approximate surface area is 107 Å². The summed E-state index contributed by atoms with van der Waals surface area (Å²) in [5, 5.41) is 12.2. The topological polar surface area (TPSA) is 84.6 Å². The van der Waals surface area contributed by atoms with Crippen LogP contribution in [0.5, 0.6) is 0 Å². The fraction of sp³-hybridized carbons (Fsp3) is 0.462. The molecule has 0 aliphatic rings. The van der Waals surface area contributed by atoms with Crippen LogP contribution in [0.15, 0.2) is 18.2 Å². The minimum absolute atomic E-state index is 0.118. The molecule has 1 aromatic carbocycles. The van der Waals surface area contributed by atoms with Gasteiger partial charge in [0, 0.05) is 13.2 Å². The summed E-state index contributed by atoms with van der Waals surface area (Å²) < 4.78 is 5.13. The van der Waals surface area contributed by atoms with Gasteiger partial charge in [-0.05, 0) is 18.6 Å². The number of para-hydroxylation sites is 1. The first-order chi connectivity index (χ1) is 8.60. The zero-order valence-corrected chi connectivity index (χ0v) is 10.8. The highest BCUT2D eigenvalue weighted by atomic mass is 16.5. The van der Waals surface area contributed by atoms with Crippen molar-refractivity contribution < 1.29 is 14.6 Å². The molecule has 0 heterocycles. The van der Waals surface area contributed by atoms with Crippen LogP contribution in [0.2, 0.25) is 0 Å². The lowest BCUT2D eigenvalue weighted by Gasteiger charge is -2.20. The van der Waals surface area contributed by atoms with Crippen molar-refractivity contribution in [3.63, 3.8) is 0 Å². The van der Waals surface area contributed by atoms with Crippen LogP contribution in [0, 0.1) is 0 Å². The number of carbonyl (C=O) groups is 1. The lowest BCUT2D eigenvalue weighted by Crippen LogP contribution is -2.25. The number of nitrogens with two attached hydrogens (primary N) is 1. The molecule has 0 radical (unpaired) electrons. The smallest absolute Gasteiger partial charge is 0.337 e. The molecular formula is C13H20N2O3. The van der Waals surface area contributed by atoms with E-state index in [1.807, 2.05) is 0 Å². The number of rotatable bonds is 7. The Morgan fingerprint density at radius 2 is 2.28 bits per heavy atom. The van der Waals surface area contributed by atoms with Gasteiger partial charge in [-0.15, -0.1) is 0 Å². The summed E-state index contributed by atoms with van der Waals surface area (Å²) in [6.07, 6.45) is 1.95. The van der Waals surface area contributed by atoms with Crippen molar-refractivity contribution in [3.8, 4) is 0 Å². The van der Waals surface area contributed by atoms with Crippen LogP contribution in [-0.2, 0) is 4.74 Å². The van der Waals surface area contributed by atoms with Crippen molar-refractivity contribution in [1.82, 2.24) is 0 Å². The van der Waals surface area contributed by atoms with Gasteiger partial charge >= 0.3 is 5.97 Å². The highest BCUT2D eigenvalue weighted by molar-refractivity contribution is 5.97. The number of hydrogen-bond donors (Lipinski definition) is 3. The standard InChI is InChI=1S/C13H20N2O3/c1-3-5-9(8-18-2)15-11-7-4-6-10(12(11)14)13(16)17/h4,6-7,9,15H,3,5,8,14H2,1-2H3,(H,16,17). The first-order valence-corrected chi connectivity index (χ1v) is 5.97. The van der Waals surface area contributed by atoms with E-state index in [0.29, 0.717) is 12.3 Å². The highest BCUT2D eigenvalue weighted by Gasteiger charge is 2.14. The summed E-state index contributed by atoms with van der Waals surface area (Å²) >= 11 is 0. The monoisotopic (exact) mass is 252 g/mol. The van der Waals surface area contributed by atoms with Gasteiger partial charge in [-0.3, -0.25) is 0 Å². The predicted molar refractivity (Wildman–Crippen MR) is 72.0 cm³/mol. The van der Waals surface area contributed by atoms with Crippen molar-refractivity contribution in [2.75, 3.05) is 24.8 Å². The normalized spacial score (nSPS) is 12.1. The van der Waals surface area contributed by atoms with E-state index in [1.54, 1.807) is 19.2 Å². The SMILES string of the molecule is CCCC(COC)Nc1cccc(C(=O)O)c1N. The molecule has 0 saturated carbocycles. The molecule has 1 unspecified atom stereocenters. The van der Waals surface area contributed by atoms with Gasteiger partial charge in [0.15, 0.2) is 0 Å². The molecule has 100 valence electrons. The van der Waals surface area contributed by atoms with E-state index >= 15 is 0 Å². The molecule has 5 nitrogen and oxygen atoms in total. The third-order valence-electron chi connectivity index (χ3n) is 2.70. The average Bonchev–Trinajstić information content (AvgIpc) is 2.32. The number of benzene rings is 1. The molecule has 0 aliphatic carbocycles. The molecule has 18 heavy (non-hydrogen) atoms. The molecule has 5 heteroatoms. The van der Waals surface area contributed by atoms with Gasteiger partial charge in [0.1, 0.15) is 0 Å². The molecule has 0 saturated heterocycles. The zero-order chi connectivity index (χ0) is 13.5. The molecular weight excluding hydrogens is 232 g/mol. The van der Waals surface area contributed by atoms with E-state index < -0.39 is 5.97 Å². The molecule has 0 aliphatic heterocycles. The van der Waals surface area contributed by atoms with Crippen LogP contribution in [0.3, 0.4) is 0 Å². The van der Waals surface area contributed by atoms with Crippen molar-refractivity contribution in [2.45, 2.75) is 25.8 Å². The van der Waals surface area contributed by atoms with Gasteiger partial charge in [0.25, 0.3) is 0 Å². The molecule has 0 aromatic heterocycles. The van der Waals surface area contributed by atoms with E-state index in [0.717, 1.165) is 12.8 Å². The van der Waals surface area contributed by atoms with E-state index in [9.17, 15) is 4.79 Å². The molecule has 1 rings (SSSR count). The van der Waals surface area contributed by atoms with Crippen molar-refractivity contribution in [1.29, 1.82) is 0 Å². The number of methoxy groups -OCH3 is 1. The second-order valence-electron chi connectivity index (χ2n) is 4.16. The van der Waals surface area contributed by atoms with E-state index in [4.69, 9.17) is 15.6 Å². The van der Waals surface area contributed by atoms with Crippen molar-refractivity contribution in [2.24, 2.45) is 0 Å². The largest absolute Gasteiger partial charge is 0.478 e. The van der Waals surface area contributed by atoms with Crippen LogP contribution >= 0.6 is 0 Å². The van der Waals surface area contributed by atoms with E-state index in [1.165, 1.54) is 6.07 Å². The number of carboxylic acid groups (broad SMARTS) is 1. The third-order valence-corrected chi connectivity index (χ3v) is 2.70. The van der Waals surface area contributed by atoms with Gasteiger partial charge in [-0.2, -0.15) is 0 Å². The summed E-state index contributed by atoms with van der Waals surface area (Å²) in [5.74, 6) is -1.02. The summed E-state index contributed by atoms with van der Waals surface area (Å²) in [6.45, 7) is 2.64. The third kappa shape index (κ3) is 3.63. The van der Waals surface area contributed by atoms with Gasteiger partial charge in [-0.1, -0.05) is 19.4 Å². The molecule has 1 atom stereocenters. The minimum Gasteiger partial charge on any atom is -0.478 e. The zero-order valence-electron chi connectivity index (χ0n) is 10.8. The number of nitrogen functional groups attached to an aromatic ring is 1. The van der Waals surface area contributed by atoms with Crippen LogP contribution in [-0.4, -0.2) is 30.8 Å². The Morgan fingerprint density at radius 1 is 1.56 bits per heavy atom. The number of ether oxygens (including phenoxy) is 1. The van der Waals surface area contributed by atoms with E-state index in [2.05, 4.69) is 12.2 Å². The molecule has 1 aromatic rings. The Bertz CT molecular complexity index is 401. The van der Waals surface area contributed by atoms with Crippen molar-refractivity contribution in [3.05, 3.63) is 23.8 Å². The van der Waals surface area contributed by atoms with Crippen LogP contribution in [0.25, 0.3) is 0 Å². The fourth-order valence-corrected chi connectivity index (χ4v) is 1.84. The number of carboxylic acids is 1. The maximum absolute atomic E-state index is 11.0. The van der Waals surface area contributed by atoms with Gasteiger partial charge in [0.2, 0.25) is 0 Å². The second-order valence-corrected chi connectivity index (χ2v) is 4.16. The Hall–Kier alpha value is -1.75. The molecule has 4 N–H and O–H groups in total. The van der Waals surface area contributed by atoms with Crippen LogP contribution in [0.4, 0.5) is 11.4 Å². The van der Waals surface area contributed by atoms with Crippen molar-refractivity contribution >= 4 is 17.3 Å². The lowest BCUT2D eigenvalue weighted by atomic mass is 10.1. The van der Waals surface area contributed by atoms with Crippen LogP contribution in [0.1, 0.15) is 30.1 Å². The summed E-state index contributed by atoms with van der Waals surface area (Å²) in [5.41, 5.74) is 6.87. The van der Waals surface area contributed by atoms with E-state index in [-0.39, 0.29) is 17.3 Å². The summed E-state index contributed by atoms with van der Waals surface area (Å²) in [6, 6.07) is 5.08. The van der Waals surface area contributed by atoms with Crippen LogP contribution < -0.4 is 11.1 Å². The first kappa shape index (κ1) is 14.3. The maximum Gasteiger partial charge on any atom is 0.337 e. The molecule has 0 bridgehead atoms. The Balaban J connectivity index is 2.88. The number of nitrogens with one attached hydrogen (secondary N) is 1. The highest BCUT2D eigenvalue weighted by Crippen LogP contribution is 2.24. The lowest BCUT2D eigenvalue weighted by molar-refractivity contribution is 0.0698. The van der Waals surface area contributed by atoms with Gasteiger partial charge < -0.3 is 20.9 Å². The second kappa shape index (κ2) is 6.86. The number of hydrogen-bond acceptors (Lipinski definition) is 4. The quantitative estimate of drug-likeness (QED) is 0.648. The summed E-state index contributed by atoms with van der Waals surface area (Å²) in [7, 11) is 1.64. The minimum atomic E-state index is -1.02. The maximum atomic E-state index is 11.0. The Morgan fingerprint density at radius 3 is 2.83 bits per heavy atom. The van der Waals surface area contributed by atoms with Gasteiger partial charge in [0.05, 0.1) is 23.5 Å². The summed E-state index contributed by atoms with van der Waals surface area (Å²) in [4.78, 5) is 11.0.